The number of carbonyl (C=O) groups excluding carboxylic acids is 2. The Morgan fingerprint density at radius 3 is 2.73 bits per heavy atom. The summed E-state index contributed by atoms with van der Waals surface area (Å²) in [4.78, 5) is 23.7. The van der Waals surface area contributed by atoms with E-state index >= 15 is 0 Å². The summed E-state index contributed by atoms with van der Waals surface area (Å²) in [5.41, 5.74) is 6.33. The highest BCUT2D eigenvalue weighted by Crippen LogP contribution is 2.22. The highest BCUT2D eigenvalue weighted by Gasteiger charge is 2.32. The number of nitrogens with two attached hydrogens (primary N) is 1. The molecule has 1 aliphatic heterocycles. The predicted octanol–water partition coefficient (Wildman–Crippen LogP) is 0.771. The molecule has 1 fully saturated rings. The zero-order chi connectivity index (χ0) is 15.9. The van der Waals surface area contributed by atoms with Gasteiger partial charge in [0, 0.05) is 24.9 Å². The molecule has 1 saturated heterocycles. The van der Waals surface area contributed by atoms with E-state index in [2.05, 4.69) is 5.32 Å². The Kier molecular flexibility index (Phi) is 5.91. The zero-order valence-electron chi connectivity index (χ0n) is 12.7. The summed E-state index contributed by atoms with van der Waals surface area (Å²) in [5.74, 6) is -0.963. The molecular formula is C16H22N2O4. The molecule has 3 N–H and O–H groups in total. The largest absolute Gasteiger partial charge is 0.458 e. The number of ether oxygens (including phenoxy) is 2. The number of hydrogen-bond donors (Lipinski definition) is 2. The van der Waals surface area contributed by atoms with Gasteiger partial charge in [0.2, 0.25) is 6.10 Å². The van der Waals surface area contributed by atoms with Gasteiger partial charge in [-0.1, -0.05) is 30.3 Å². The minimum absolute atomic E-state index is 0.124. The van der Waals surface area contributed by atoms with Gasteiger partial charge in [0.1, 0.15) is 6.10 Å². The van der Waals surface area contributed by atoms with Crippen LogP contribution < -0.4 is 11.1 Å². The second-order valence-electron chi connectivity index (χ2n) is 5.36. The lowest BCUT2D eigenvalue weighted by molar-refractivity contribution is -0.173. The van der Waals surface area contributed by atoms with Crippen LogP contribution in [0.4, 0.5) is 0 Å². The third-order valence-electron chi connectivity index (χ3n) is 3.73. The number of piperidine rings is 1. The van der Waals surface area contributed by atoms with E-state index in [0.29, 0.717) is 18.7 Å². The molecule has 22 heavy (non-hydrogen) atoms. The third-order valence-corrected chi connectivity index (χ3v) is 3.73. The van der Waals surface area contributed by atoms with Crippen LogP contribution in [0.2, 0.25) is 0 Å². The molecule has 1 aromatic carbocycles. The summed E-state index contributed by atoms with van der Waals surface area (Å²) in [5, 5.41) is 3.18. The summed E-state index contributed by atoms with van der Waals surface area (Å²) in [6.45, 7) is 3.16. The van der Waals surface area contributed by atoms with Gasteiger partial charge in [-0.2, -0.15) is 0 Å². The van der Waals surface area contributed by atoms with E-state index < -0.39 is 18.0 Å². The van der Waals surface area contributed by atoms with Crippen molar-refractivity contribution in [2.45, 2.75) is 25.6 Å². The van der Waals surface area contributed by atoms with Gasteiger partial charge in [-0.15, -0.1) is 0 Å². The van der Waals surface area contributed by atoms with Gasteiger partial charge >= 0.3 is 11.9 Å². The number of rotatable bonds is 5. The van der Waals surface area contributed by atoms with Crippen LogP contribution in [0.25, 0.3) is 0 Å². The summed E-state index contributed by atoms with van der Waals surface area (Å²) in [7, 11) is 0. The summed E-state index contributed by atoms with van der Waals surface area (Å²) < 4.78 is 10.7. The van der Waals surface area contributed by atoms with Gasteiger partial charge in [0.15, 0.2) is 0 Å². The lowest BCUT2D eigenvalue weighted by atomic mass is 9.95. The molecule has 0 saturated carbocycles. The lowest BCUT2D eigenvalue weighted by Gasteiger charge is -2.31. The summed E-state index contributed by atoms with van der Waals surface area (Å²) in [6, 6.07) is 8.85. The van der Waals surface area contributed by atoms with Crippen LogP contribution in [0, 0.1) is 5.92 Å². The quantitative estimate of drug-likeness (QED) is 0.781. The predicted molar refractivity (Wildman–Crippen MR) is 80.9 cm³/mol. The number of hydrogen-bond acceptors (Lipinski definition) is 6. The number of esters is 2. The molecule has 6 heteroatoms. The monoisotopic (exact) mass is 306 g/mol. The Morgan fingerprint density at radius 1 is 1.36 bits per heavy atom. The molecule has 0 aromatic heterocycles. The van der Waals surface area contributed by atoms with Crippen molar-refractivity contribution in [3.8, 4) is 0 Å². The van der Waals surface area contributed by atoms with E-state index in [1.165, 1.54) is 6.92 Å². The minimum Gasteiger partial charge on any atom is -0.458 e. The SMILES string of the molecule is CC(=O)OC(C(=O)O[C@H]1CNCCC1CN)c1ccccc1. The molecule has 0 spiro atoms. The van der Waals surface area contributed by atoms with Crippen molar-refractivity contribution in [2.75, 3.05) is 19.6 Å². The van der Waals surface area contributed by atoms with E-state index in [4.69, 9.17) is 15.2 Å². The van der Waals surface area contributed by atoms with E-state index in [1.807, 2.05) is 6.07 Å². The Labute approximate surface area is 130 Å². The maximum atomic E-state index is 12.4. The molecule has 0 aliphatic carbocycles. The number of carbonyl (C=O) groups is 2. The highest BCUT2D eigenvalue weighted by atomic mass is 16.6. The first-order valence-electron chi connectivity index (χ1n) is 7.45. The average molecular weight is 306 g/mol. The average Bonchev–Trinajstić information content (AvgIpc) is 2.53. The number of nitrogens with one attached hydrogen (secondary N) is 1. The van der Waals surface area contributed by atoms with Crippen molar-refractivity contribution >= 4 is 11.9 Å². The Bertz CT molecular complexity index is 506. The fraction of sp³-hybridized carbons (Fsp3) is 0.500. The van der Waals surface area contributed by atoms with Crippen molar-refractivity contribution in [2.24, 2.45) is 11.7 Å². The molecule has 0 amide bonds. The molecule has 2 rings (SSSR count). The van der Waals surface area contributed by atoms with Crippen molar-refractivity contribution in [3.05, 3.63) is 35.9 Å². The lowest BCUT2D eigenvalue weighted by Crippen LogP contribution is -2.46. The summed E-state index contributed by atoms with van der Waals surface area (Å²) >= 11 is 0. The molecule has 6 nitrogen and oxygen atoms in total. The standard InChI is InChI=1S/C16H22N2O4/c1-11(19)21-15(12-5-3-2-4-6-12)16(20)22-14-10-18-8-7-13(14)9-17/h2-6,13-15,18H,7-10,17H2,1H3/t13?,14-,15?/m0/s1. The van der Waals surface area contributed by atoms with Gasteiger partial charge in [0.25, 0.3) is 0 Å². The van der Waals surface area contributed by atoms with Gasteiger partial charge < -0.3 is 20.5 Å². The fourth-order valence-electron chi connectivity index (χ4n) is 2.55. The van der Waals surface area contributed by atoms with Crippen molar-refractivity contribution < 1.29 is 19.1 Å². The maximum absolute atomic E-state index is 12.4. The van der Waals surface area contributed by atoms with Crippen molar-refractivity contribution in [1.29, 1.82) is 0 Å². The van der Waals surface area contributed by atoms with Crippen LogP contribution in [-0.4, -0.2) is 37.7 Å². The van der Waals surface area contributed by atoms with Gasteiger partial charge in [-0.25, -0.2) is 4.79 Å². The first-order valence-corrected chi connectivity index (χ1v) is 7.45. The Hall–Kier alpha value is -1.92. The molecule has 1 aliphatic rings. The molecule has 3 atom stereocenters. The Balaban J connectivity index is 2.10. The second-order valence-corrected chi connectivity index (χ2v) is 5.36. The van der Waals surface area contributed by atoms with Gasteiger partial charge in [-0.05, 0) is 19.5 Å². The minimum atomic E-state index is -1.04. The van der Waals surface area contributed by atoms with Crippen LogP contribution >= 0.6 is 0 Å². The molecule has 2 unspecified atom stereocenters. The molecule has 120 valence electrons. The summed E-state index contributed by atoms with van der Waals surface area (Å²) in [6.07, 6.45) is -0.482. The van der Waals surface area contributed by atoms with E-state index in [9.17, 15) is 9.59 Å². The van der Waals surface area contributed by atoms with Gasteiger partial charge in [0.05, 0.1) is 0 Å². The van der Waals surface area contributed by atoms with Crippen molar-refractivity contribution in [3.63, 3.8) is 0 Å². The molecule has 1 heterocycles. The van der Waals surface area contributed by atoms with Crippen molar-refractivity contribution in [1.82, 2.24) is 5.32 Å². The van der Waals surface area contributed by atoms with Crippen LogP contribution in [0.5, 0.6) is 0 Å². The molecule has 0 bridgehead atoms. The topological polar surface area (TPSA) is 90.7 Å². The molecular weight excluding hydrogens is 284 g/mol. The highest BCUT2D eigenvalue weighted by molar-refractivity contribution is 5.80. The maximum Gasteiger partial charge on any atom is 0.352 e. The number of benzene rings is 1. The molecule has 0 radical (unpaired) electrons. The fourth-order valence-corrected chi connectivity index (χ4v) is 2.55. The third kappa shape index (κ3) is 4.29. The Morgan fingerprint density at radius 2 is 2.09 bits per heavy atom. The second kappa shape index (κ2) is 7.91. The zero-order valence-corrected chi connectivity index (χ0v) is 12.7. The van der Waals surface area contributed by atoms with Crippen LogP contribution in [0.1, 0.15) is 25.0 Å². The first kappa shape index (κ1) is 16.5. The van der Waals surface area contributed by atoms with Crippen LogP contribution in [0.15, 0.2) is 30.3 Å². The molecule has 1 aromatic rings. The van der Waals surface area contributed by atoms with E-state index in [1.54, 1.807) is 24.3 Å². The van der Waals surface area contributed by atoms with E-state index in [0.717, 1.165) is 13.0 Å². The van der Waals surface area contributed by atoms with Crippen LogP contribution in [-0.2, 0) is 19.1 Å². The van der Waals surface area contributed by atoms with E-state index in [-0.39, 0.29) is 12.0 Å². The normalized spacial score (nSPS) is 22.6. The smallest absolute Gasteiger partial charge is 0.352 e. The van der Waals surface area contributed by atoms with Crippen LogP contribution in [0.3, 0.4) is 0 Å². The first-order chi connectivity index (χ1) is 10.6. The van der Waals surface area contributed by atoms with Gasteiger partial charge in [-0.3, -0.25) is 4.79 Å².